The molecule has 2 nitrogen and oxygen atoms in total. The Morgan fingerprint density at radius 3 is 1.93 bits per heavy atom. The van der Waals surface area contributed by atoms with Crippen molar-refractivity contribution in [2.75, 3.05) is 0 Å². The van der Waals surface area contributed by atoms with Gasteiger partial charge in [-0.15, -0.1) is 11.3 Å². The lowest BCUT2D eigenvalue weighted by atomic mass is 10.0. The predicted molar refractivity (Wildman–Crippen MR) is 117 cm³/mol. The molecule has 0 aliphatic heterocycles. The molecule has 0 unspecified atom stereocenters. The molecule has 1 heterocycles. The van der Waals surface area contributed by atoms with Crippen molar-refractivity contribution in [3.05, 3.63) is 95.4 Å². The van der Waals surface area contributed by atoms with Crippen molar-refractivity contribution in [2.45, 2.75) is 23.6 Å². The van der Waals surface area contributed by atoms with Gasteiger partial charge in [-0.1, -0.05) is 59.7 Å². The molecule has 0 amide bonds. The summed E-state index contributed by atoms with van der Waals surface area (Å²) in [5.41, 5.74) is 5.05. The largest absolute Gasteiger partial charge is 0.218 e. The number of thiophene rings is 1. The zero-order valence-electron chi connectivity index (χ0n) is 15.7. The van der Waals surface area contributed by atoms with Crippen LogP contribution >= 0.6 is 11.3 Å². The number of aryl methyl sites for hydroxylation is 2. The van der Waals surface area contributed by atoms with E-state index in [1.807, 2.05) is 48.7 Å². The maximum Gasteiger partial charge on any atom is 0.207 e. The standard InChI is InChI=1S/C24H20O2S2/c1-17-5-9-19(10-6-17)20-11-14-24(22(16-20)23-4-3-15-27-23)28(25,26)21-12-7-18(2)8-13-21/h3-16H,1-2H3. The van der Waals surface area contributed by atoms with Gasteiger partial charge in [0.25, 0.3) is 0 Å². The van der Waals surface area contributed by atoms with E-state index in [0.29, 0.717) is 9.79 Å². The summed E-state index contributed by atoms with van der Waals surface area (Å²) in [6.45, 7) is 4.00. The van der Waals surface area contributed by atoms with Crippen molar-refractivity contribution in [1.82, 2.24) is 0 Å². The summed E-state index contributed by atoms with van der Waals surface area (Å²) in [5, 5.41) is 1.97. The van der Waals surface area contributed by atoms with Crippen molar-refractivity contribution < 1.29 is 8.42 Å². The lowest BCUT2D eigenvalue weighted by molar-refractivity contribution is 0.596. The highest BCUT2D eigenvalue weighted by molar-refractivity contribution is 7.91. The molecule has 4 rings (SSSR count). The topological polar surface area (TPSA) is 34.1 Å². The second-order valence-corrected chi connectivity index (χ2v) is 9.74. The minimum atomic E-state index is -3.61. The van der Waals surface area contributed by atoms with Crippen LogP contribution in [-0.2, 0) is 9.84 Å². The molecule has 0 saturated carbocycles. The minimum Gasteiger partial charge on any atom is -0.218 e. The Hall–Kier alpha value is -2.69. The van der Waals surface area contributed by atoms with E-state index in [1.165, 1.54) is 5.56 Å². The van der Waals surface area contributed by atoms with Gasteiger partial charge in [0.15, 0.2) is 0 Å². The van der Waals surface area contributed by atoms with E-state index >= 15 is 0 Å². The third-order valence-electron chi connectivity index (χ3n) is 4.77. The third kappa shape index (κ3) is 3.53. The highest BCUT2D eigenvalue weighted by Crippen LogP contribution is 2.37. The molecule has 0 N–H and O–H groups in total. The van der Waals surface area contributed by atoms with Gasteiger partial charge in [-0.05, 0) is 60.7 Å². The molecule has 4 aromatic rings. The summed E-state index contributed by atoms with van der Waals surface area (Å²) < 4.78 is 26.7. The van der Waals surface area contributed by atoms with Crippen LogP contribution in [-0.4, -0.2) is 8.42 Å². The maximum atomic E-state index is 13.4. The van der Waals surface area contributed by atoms with E-state index in [0.717, 1.165) is 27.1 Å². The molecule has 0 fully saturated rings. The number of hydrogen-bond donors (Lipinski definition) is 0. The molecule has 0 bridgehead atoms. The first-order valence-corrected chi connectivity index (χ1v) is 11.4. The summed E-state index contributed by atoms with van der Waals surface area (Å²) in [6.07, 6.45) is 0. The summed E-state index contributed by atoms with van der Waals surface area (Å²) in [5.74, 6) is 0. The molecule has 140 valence electrons. The van der Waals surface area contributed by atoms with Crippen molar-refractivity contribution in [3.8, 4) is 21.6 Å². The molecular formula is C24H20O2S2. The fourth-order valence-corrected chi connectivity index (χ4v) is 5.43. The Bertz CT molecular complexity index is 1200. The second kappa shape index (κ2) is 7.38. The highest BCUT2D eigenvalue weighted by atomic mass is 32.2. The van der Waals surface area contributed by atoms with Gasteiger partial charge >= 0.3 is 0 Å². The van der Waals surface area contributed by atoms with E-state index in [2.05, 4.69) is 31.2 Å². The normalized spacial score (nSPS) is 11.5. The molecule has 3 aromatic carbocycles. The first-order valence-electron chi connectivity index (χ1n) is 9.02. The molecular weight excluding hydrogens is 384 g/mol. The Labute approximate surface area is 170 Å². The summed E-state index contributed by atoms with van der Waals surface area (Å²) >= 11 is 1.55. The zero-order valence-corrected chi connectivity index (χ0v) is 17.3. The van der Waals surface area contributed by atoms with Crippen LogP contribution < -0.4 is 0 Å². The molecule has 0 atom stereocenters. The first kappa shape index (κ1) is 18.7. The third-order valence-corrected chi connectivity index (χ3v) is 7.50. The summed E-state index contributed by atoms with van der Waals surface area (Å²) in [6, 6.07) is 24.8. The molecule has 1 aromatic heterocycles. The quantitative estimate of drug-likeness (QED) is 0.387. The van der Waals surface area contributed by atoms with E-state index in [9.17, 15) is 8.42 Å². The average molecular weight is 405 g/mol. The van der Waals surface area contributed by atoms with Gasteiger partial charge < -0.3 is 0 Å². The smallest absolute Gasteiger partial charge is 0.207 e. The van der Waals surface area contributed by atoms with Crippen LogP contribution in [0.25, 0.3) is 21.6 Å². The van der Waals surface area contributed by atoms with Crippen LogP contribution in [0.3, 0.4) is 0 Å². The van der Waals surface area contributed by atoms with Crippen LogP contribution in [0.2, 0.25) is 0 Å². The summed E-state index contributed by atoms with van der Waals surface area (Å²) in [4.78, 5) is 1.60. The Kier molecular flexibility index (Phi) is 4.92. The number of sulfone groups is 1. The van der Waals surface area contributed by atoms with E-state index in [1.54, 1.807) is 29.5 Å². The molecule has 0 saturated heterocycles. The van der Waals surface area contributed by atoms with Gasteiger partial charge in [-0.2, -0.15) is 0 Å². The fourth-order valence-electron chi connectivity index (χ4n) is 3.16. The van der Waals surface area contributed by atoms with Gasteiger partial charge in [-0.3, -0.25) is 0 Å². The number of rotatable bonds is 4. The van der Waals surface area contributed by atoms with Crippen LogP contribution in [0.15, 0.2) is 94.0 Å². The minimum absolute atomic E-state index is 0.319. The lowest BCUT2D eigenvalue weighted by Crippen LogP contribution is -2.04. The number of benzene rings is 3. The van der Waals surface area contributed by atoms with Crippen LogP contribution in [0, 0.1) is 13.8 Å². The van der Waals surface area contributed by atoms with Gasteiger partial charge in [0, 0.05) is 10.4 Å². The second-order valence-electron chi connectivity index (χ2n) is 6.87. The Morgan fingerprint density at radius 2 is 1.32 bits per heavy atom. The fraction of sp³-hybridized carbons (Fsp3) is 0.0833. The Morgan fingerprint density at radius 1 is 0.714 bits per heavy atom. The zero-order chi connectivity index (χ0) is 19.7. The maximum absolute atomic E-state index is 13.4. The lowest BCUT2D eigenvalue weighted by Gasteiger charge is -2.13. The highest BCUT2D eigenvalue weighted by Gasteiger charge is 2.23. The monoisotopic (exact) mass is 404 g/mol. The van der Waals surface area contributed by atoms with Gasteiger partial charge in [0.2, 0.25) is 9.84 Å². The predicted octanol–water partition coefficient (Wildman–Crippen LogP) is 6.53. The molecule has 0 spiro atoms. The van der Waals surface area contributed by atoms with Crippen molar-refractivity contribution in [2.24, 2.45) is 0 Å². The van der Waals surface area contributed by atoms with E-state index in [4.69, 9.17) is 0 Å². The molecule has 4 heteroatoms. The van der Waals surface area contributed by atoms with Crippen LogP contribution in [0.5, 0.6) is 0 Å². The number of hydrogen-bond acceptors (Lipinski definition) is 3. The molecule has 28 heavy (non-hydrogen) atoms. The first-order chi connectivity index (χ1) is 13.4. The van der Waals surface area contributed by atoms with Gasteiger partial charge in [-0.25, -0.2) is 8.42 Å². The van der Waals surface area contributed by atoms with Gasteiger partial charge in [0.05, 0.1) is 9.79 Å². The van der Waals surface area contributed by atoms with E-state index in [-0.39, 0.29) is 0 Å². The molecule has 0 radical (unpaired) electrons. The van der Waals surface area contributed by atoms with E-state index < -0.39 is 9.84 Å². The van der Waals surface area contributed by atoms with Crippen LogP contribution in [0.4, 0.5) is 0 Å². The van der Waals surface area contributed by atoms with Crippen molar-refractivity contribution >= 4 is 21.2 Å². The van der Waals surface area contributed by atoms with Crippen molar-refractivity contribution in [3.63, 3.8) is 0 Å². The molecule has 0 aliphatic rings. The van der Waals surface area contributed by atoms with Crippen LogP contribution in [0.1, 0.15) is 11.1 Å². The molecule has 0 aliphatic carbocycles. The summed E-state index contributed by atoms with van der Waals surface area (Å²) in [7, 11) is -3.61. The van der Waals surface area contributed by atoms with Gasteiger partial charge in [0.1, 0.15) is 0 Å². The Balaban J connectivity index is 1.90. The van der Waals surface area contributed by atoms with Crippen molar-refractivity contribution in [1.29, 1.82) is 0 Å². The SMILES string of the molecule is Cc1ccc(-c2ccc(S(=O)(=O)c3ccc(C)cc3)c(-c3cccs3)c2)cc1. The average Bonchev–Trinajstić information content (AvgIpc) is 3.23.